The number of nitrogens with one attached hydrogen (secondary N) is 1. The highest BCUT2D eigenvalue weighted by Crippen LogP contribution is 2.26. The number of ether oxygens (including phenoxy) is 1. The molecule has 1 aliphatic heterocycles. The van der Waals surface area contributed by atoms with E-state index in [0.29, 0.717) is 25.1 Å². The van der Waals surface area contributed by atoms with Crippen molar-refractivity contribution in [3.63, 3.8) is 0 Å². The lowest BCUT2D eigenvalue weighted by molar-refractivity contribution is -0.116. The number of benzene rings is 1. The molecule has 1 amide bonds. The smallest absolute Gasteiger partial charge is 0.262 e. The van der Waals surface area contributed by atoms with Gasteiger partial charge in [-0.2, -0.15) is 0 Å². The maximum Gasteiger partial charge on any atom is 0.262 e. The summed E-state index contributed by atoms with van der Waals surface area (Å²) in [6.07, 6.45) is 1.71. The molecule has 27 heavy (non-hydrogen) atoms. The Morgan fingerprint density at radius 3 is 2.89 bits per heavy atom. The Morgan fingerprint density at radius 2 is 2.04 bits per heavy atom. The summed E-state index contributed by atoms with van der Waals surface area (Å²) >= 11 is 1.43. The second kappa shape index (κ2) is 7.89. The normalized spacial score (nSPS) is 14.4. The minimum Gasteiger partial charge on any atom is -0.378 e. The van der Waals surface area contributed by atoms with Crippen LogP contribution in [0, 0.1) is 0 Å². The number of morpholine rings is 1. The van der Waals surface area contributed by atoms with Gasteiger partial charge in [0.25, 0.3) is 5.56 Å². The van der Waals surface area contributed by atoms with Gasteiger partial charge < -0.3 is 15.0 Å². The van der Waals surface area contributed by atoms with Crippen LogP contribution in [-0.4, -0.2) is 41.8 Å². The highest BCUT2D eigenvalue weighted by Gasteiger charge is 2.16. The number of rotatable bonds is 5. The molecular weight excluding hydrogens is 364 g/mol. The number of hydrogen-bond acceptors (Lipinski definition) is 6. The van der Waals surface area contributed by atoms with Crippen molar-refractivity contribution in [2.75, 3.05) is 36.5 Å². The monoisotopic (exact) mass is 384 g/mol. The van der Waals surface area contributed by atoms with Gasteiger partial charge in [0.1, 0.15) is 4.83 Å². The van der Waals surface area contributed by atoms with Crippen molar-refractivity contribution in [3.8, 4) is 0 Å². The van der Waals surface area contributed by atoms with Crippen molar-refractivity contribution in [2.45, 2.75) is 13.0 Å². The molecule has 1 N–H and O–H groups in total. The second-order valence-corrected chi connectivity index (χ2v) is 7.19. The first-order valence-corrected chi connectivity index (χ1v) is 9.74. The lowest BCUT2D eigenvalue weighted by Crippen LogP contribution is -2.36. The molecule has 0 radical (unpaired) electrons. The molecule has 0 aliphatic carbocycles. The van der Waals surface area contributed by atoms with Gasteiger partial charge in [0.05, 0.1) is 36.3 Å². The van der Waals surface area contributed by atoms with Crippen molar-refractivity contribution < 1.29 is 9.53 Å². The Bertz CT molecular complexity index is 1010. The van der Waals surface area contributed by atoms with Crippen LogP contribution in [0.4, 0.5) is 11.4 Å². The van der Waals surface area contributed by atoms with Gasteiger partial charge in [0, 0.05) is 26.1 Å². The predicted octanol–water partition coefficient (Wildman–Crippen LogP) is 2.32. The van der Waals surface area contributed by atoms with Crippen molar-refractivity contribution >= 4 is 38.8 Å². The van der Waals surface area contributed by atoms with Crippen LogP contribution in [0.3, 0.4) is 0 Å². The van der Waals surface area contributed by atoms with E-state index in [4.69, 9.17) is 4.74 Å². The first-order valence-electron chi connectivity index (χ1n) is 8.86. The molecule has 7 nitrogen and oxygen atoms in total. The summed E-state index contributed by atoms with van der Waals surface area (Å²) in [5.74, 6) is -0.131. The first kappa shape index (κ1) is 17.7. The van der Waals surface area contributed by atoms with E-state index >= 15 is 0 Å². The van der Waals surface area contributed by atoms with Gasteiger partial charge in [-0.05, 0) is 23.6 Å². The van der Waals surface area contributed by atoms with E-state index in [0.717, 1.165) is 29.3 Å². The molecule has 0 saturated carbocycles. The molecule has 1 aliphatic rings. The van der Waals surface area contributed by atoms with Gasteiger partial charge in [-0.25, -0.2) is 4.98 Å². The summed E-state index contributed by atoms with van der Waals surface area (Å²) in [5.41, 5.74) is 1.67. The van der Waals surface area contributed by atoms with E-state index in [1.54, 1.807) is 6.07 Å². The molecule has 1 aromatic carbocycles. The molecule has 0 unspecified atom stereocenters. The van der Waals surface area contributed by atoms with Gasteiger partial charge in [-0.15, -0.1) is 11.3 Å². The molecule has 0 bridgehead atoms. The Balaban J connectivity index is 1.43. The molecule has 4 rings (SSSR count). The van der Waals surface area contributed by atoms with E-state index in [1.807, 2.05) is 29.6 Å². The van der Waals surface area contributed by atoms with Crippen molar-refractivity contribution in [1.29, 1.82) is 0 Å². The minimum atomic E-state index is -0.131. The largest absolute Gasteiger partial charge is 0.378 e. The van der Waals surface area contributed by atoms with Crippen LogP contribution in [0.1, 0.15) is 6.42 Å². The van der Waals surface area contributed by atoms with Crippen LogP contribution >= 0.6 is 11.3 Å². The molecule has 1 fully saturated rings. The summed E-state index contributed by atoms with van der Waals surface area (Å²) in [6, 6.07) is 9.53. The Labute approximate surface area is 160 Å². The second-order valence-electron chi connectivity index (χ2n) is 6.30. The quantitative estimate of drug-likeness (QED) is 0.731. The van der Waals surface area contributed by atoms with E-state index in [1.165, 1.54) is 22.2 Å². The van der Waals surface area contributed by atoms with Gasteiger partial charge in [0.15, 0.2) is 0 Å². The molecule has 0 atom stereocenters. The average molecular weight is 384 g/mol. The number of hydrogen-bond donors (Lipinski definition) is 1. The average Bonchev–Trinajstić information content (AvgIpc) is 3.18. The Morgan fingerprint density at radius 1 is 1.22 bits per heavy atom. The maximum atomic E-state index is 12.5. The molecule has 2 aromatic heterocycles. The minimum absolute atomic E-state index is 0.109. The molecule has 3 heterocycles. The van der Waals surface area contributed by atoms with E-state index in [2.05, 4.69) is 15.2 Å². The third-order valence-electron chi connectivity index (χ3n) is 4.56. The zero-order valence-electron chi connectivity index (χ0n) is 14.8. The van der Waals surface area contributed by atoms with Gasteiger partial charge in [-0.3, -0.25) is 14.2 Å². The number of carbonyl (C=O) groups is 1. The van der Waals surface area contributed by atoms with Crippen LogP contribution in [0.2, 0.25) is 0 Å². The van der Waals surface area contributed by atoms with Crippen LogP contribution < -0.4 is 15.8 Å². The zero-order valence-corrected chi connectivity index (χ0v) is 15.6. The van der Waals surface area contributed by atoms with Gasteiger partial charge in [0.2, 0.25) is 5.91 Å². The number of fused-ring (bicyclic) bond motifs is 1. The van der Waals surface area contributed by atoms with E-state index < -0.39 is 0 Å². The summed E-state index contributed by atoms with van der Waals surface area (Å²) in [6.45, 7) is 3.26. The van der Waals surface area contributed by atoms with Crippen molar-refractivity contribution in [1.82, 2.24) is 9.55 Å². The van der Waals surface area contributed by atoms with Crippen molar-refractivity contribution in [3.05, 3.63) is 52.4 Å². The number of aryl methyl sites for hydroxylation is 1. The van der Waals surface area contributed by atoms with E-state index in [9.17, 15) is 9.59 Å². The number of carbonyl (C=O) groups excluding carboxylic acids is 1. The van der Waals surface area contributed by atoms with Gasteiger partial charge in [-0.1, -0.05) is 12.1 Å². The zero-order chi connectivity index (χ0) is 18.6. The fraction of sp³-hybridized carbons (Fsp3) is 0.316. The summed E-state index contributed by atoms with van der Waals surface area (Å²) < 4.78 is 6.89. The number of thiophene rings is 1. The molecular formula is C19H20N4O3S. The lowest BCUT2D eigenvalue weighted by Gasteiger charge is -2.30. The predicted molar refractivity (Wildman–Crippen MR) is 107 cm³/mol. The Kier molecular flexibility index (Phi) is 5.17. The lowest BCUT2D eigenvalue weighted by atomic mass is 10.2. The highest BCUT2D eigenvalue weighted by molar-refractivity contribution is 7.16. The van der Waals surface area contributed by atoms with Crippen molar-refractivity contribution in [2.24, 2.45) is 0 Å². The summed E-state index contributed by atoms with van der Waals surface area (Å²) in [4.78, 5) is 32.1. The van der Waals surface area contributed by atoms with Crippen LogP contribution in [0.5, 0.6) is 0 Å². The third-order valence-corrected chi connectivity index (χ3v) is 5.38. The van der Waals surface area contributed by atoms with Crippen LogP contribution in [-0.2, 0) is 16.1 Å². The maximum absolute atomic E-state index is 12.5. The SMILES string of the molecule is O=C(CCn1cnc2sccc2c1=O)Nc1ccccc1N1CCOCC1. The summed E-state index contributed by atoms with van der Waals surface area (Å²) in [7, 11) is 0. The van der Waals surface area contributed by atoms with E-state index in [-0.39, 0.29) is 17.9 Å². The molecule has 0 spiro atoms. The number of aromatic nitrogens is 2. The highest BCUT2D eigenvalue weighted by atomic mass is 32.1. The van der Waals surface area contributed by atoms with Crippen LogP contribution in [0.25, 0.3) is 10.2 Å². The standard InChI is InChI=1S/C19H20N4O3S/c24-17(5-7-23-13-20-18-14(19(23)25)6-12-27-18)21-15-3-1-2-4-16(15)22-8-10-26-11-9-22/h1-4,6,12-13H,5,7-11H2,(H,21,24). The first-order chi connectivity index (χ1) is 13.2. The fourth-order valence-electron chi connectivity index (χ4n) is 3.15. The number of anilines is 2. The topological polar surface area (TPSA) is 76.5 Å². The fourth-order valence-corrected chi connectivity index (χ4v) is 3.87. The third kappa shape index (κ3) is 3.86. The number of para-hydroxylation sites is 2. The molecule has 8 heteroatoms. The summed E-state index contributed by atoms with van der Waals surface area (Å²) in [5, 5.41) is 5.42. The molecule has 1 saturated heterocycles. The molecule has 3 aromatic rings. The molecule has 140 valence electrons. The Hall–Kier alpha value is -2.71. The number of amides is 1. The number of nitrogens with zero attached hydrogens (tertiary/aromatic N) is 3. The van der Waals surface area contributed by atoms with Crippen LogP contribution in [0.15, 0.2) is 46.8 Å². The van der Waals surface area contributed by atoms with Gasteiger partial charge >= 0.3 is 0 Å².